The Morgan fingerprint density at radius 1 is 1.11 bits per heavy atom. The van der Waals surface area contributed by atoms with Gasteiger partial charge in [0.1, 0.15) is 11.5 Å². The molecule has 8 nitrogen and oxygen atoms in total. The molecular weight excluding hydrogens is 488 g/mol. The third-order valence-corrected chi connectivity index (χ3v) is 7.28. The fourth-order valence-corrected chi connectivity index (χ4v) is 5.06. The van der Waals surface area contributed by atoms with Crippen LogP contribution < -0.4 is 14.8 Å². The van der Waals surface area contributed by atoms with Gasteiger partial charge in [-0.3, -0.25) is 14.9 Å². The van der Waals surface area contributed by atoms with Crippen LogP contribution in [-0.2, 0) is 0 Å². The van der Waals surface area contributed by atoms with Crippen molar-refractivity contribution in [2.75, 3.05) is 46.2 Å². The lowest BCUT2D eigenvalue weighted by Gasteiger charge is -2.35. The fraction of sp³-hybridized carbons (Fsp3) is 0.393. The molecule has 2 heterocycles. The summed E-state index contributed by atoms with van der Waals surface area (Å²) in [4.78, 5) is 34.5. The number of ether oxygens (including phenoxy) is 2. The number of carbonyl (C=O) groups is 2. The first-order valence-electron chi connectivity index (χ1n) is 12.5. The molecule has 0 unspecified atom stereocenters. The van der Waals surface area contributed by atoms with Crippen LogP contribution in [0.1, 0.15) is 46.9 Å². The van der Waals surface area contributed by atoms with Gasteiger partial charge in [-0.15, -0.1) is 11.3 Å². The maximum atomic E-state index is 12.9. The van der Waals surface area contributed by atoms with Gasteiger partial charge >= 0.3 is 0 Å². The van der Waals surface area contributed by atoms with E-state index in [1.54, 1.807) is 31.4 Å². The van der Waals surface area contributed by atoms with Crippen molar-refractivity contribution in [3.63, 3.8) is 0 Å². The average molecular weight is 523 g/mol. The number of likely N-dealkylation sites (tertiary alicyclic amines) is 1. The standard InChI is InChI=1S/C28H34N4O4S/c1-5-16-36-22-10-11-25(35-4)23(17-22)24-18-37-28(29-24)30-26(33)19-6-8-20(9-7-19)27(34)32-14-12-21(13-15-32)31(2)3/h6-11,17-18,21H,5,12-16H2,1-4H3,(H,29,30,33). The monoisotopic (exact) mass is 522 g/mol. The zero-order valence-corrected chi connectivity index (χ0v) is 22.6. The van der Waals surface area contributed by atoms with Crippen LogP contribution >= 0.6 is 11.3 Å². The lowest BCUT2D eigenvalue weighted by Crippen LogP contribution is -2.44. The van der Waals surface area contributed by atoms with Crippen molar-refractivity contribution in [1.82, 2.24) is 14.8 Å². The van der Waals surface area contributed by atoms with Gasteiger partial charge < -0.3 is 19.3 Å². The van der Waals surface area contributed by atoms with E-state index in [9.17, 15) is 9.59 Å². The number of aromatic nitrogens is 1. The van der Waals surface area contributed by atoms with Gasteiger partial charge in [-0.2, -0.15) is 0 Å². The molecule has 2 amide bonds. The van der Waals surface area contributed by atoms with Crippen molar-refractivity contribution in [3.05, 3.63) is 59.0 Å². The Kier molecular flexibility index (Phi) is 8.78. The molecule has 0 radical (unpaired) electrons. The van der Waals surface area contributed by atoms with E-state index in [-0.39, 0.29) is 11.8 Å². The van der Waals surface area contributed by atoms with Gasteiger partial charge in [0.2, 0.25) is 0 Å². The Morgan fingerprint density at radius 2 is 1.81 bits per heavy atom. The van der Waals surface area contributed by atoms with Crippen LogP contribution in [0.4, 0.5) is 5.13 Å². The summed E-state index contributed by atoms with van der Waals surface area (Å²) in [5, 5.41) is 5.21. The SMILES string of the molecule is CCCOc1ccc(OC)c(-c2csc(NC(=O)c3ccc(C(=O)N4CCC(N(C)C)CC4)cc3)n2)c1. The number of hydrogen-bond donors (Lipinski definition) is 1. The van der Waals surface area contributed by atoms with Crippen LogP contribution in [0.15, 0.2) is 47.8 Å². The summed E-state index contributed by atoms with van der Waals surface area (Å²) >= 11 is 1.34. The number of anilines is 1. The molecule has 0 spiro atoms. The summed E-state index contributed by atoms with van der Waals surface area (Å²) in [5.74, 6) is 1.15. The number of methoxy groups -OCH3 is 1. The highest BCUT2D eigenvalue weighted by atomic mass is 32.1. The highest BCUT2D eigenvalue weighted by Crippen LogP contribution is 2.35. The van der Waals surface area contributed by atoms with Gasteiger partial charge in [-0.05, 0) is 75.8 Å². The van der Waals surface area contributed by atoms with E-state index >= 15 is 0 Å². The second-order valence-corrected chi connectivity index (χ2v) is 10.1. The number of nitrogens with zero attached hydrogens (tertiary/aromatic N) is 3. The summed E-state index contributed by atoms with van der Waals surface area (Å²) in [5.41, 5.74) is 2.55. The first-order valence-corrected chi connectivity index (χ1v) is 13.4. The normalized spacial score (nSPS) is 14.0. The molecule has 1 fully saturated rings. The number of benzene rings is 2. The fourth-order valence-electron chi connectivity index (χ4n) is 4.35. The van der Waals surface area contributed by atoms with E-state index in [0.29, 0.717) is 40.4 Å². The van der Waals surface area contributed by atoms with Crippen LogP contribution in [0.2, 0.25) is 0 Å². The van der Waals surface area contributed by atoms with E-state index in [4.69, 9.17) is 9.47 Å². The van der Waals surface area contributed by atoms with Crippen LogP contribution in [0.3, 0.4) is 0 Å². The lowest BCUT2D eigenvalue weighted by molar-refractivity contribution is 0.0663. The second-order valence-electron chi connectivity index (χ2n) is 9.27. The van der Waals surface area contributed by atoms with Crippen LogP contribution in [0.5, 0.6) is 11.5 Å². The Hall–Kier alpha value is -3.43. The Morgan fingerprint density at radius 3 is 2.46 bits per heavy atom. The van der Waals surface area contributed by atoms with Gasteiger partial charge in [-0.25, -0.2) is 4.98 Å². The van der Waals surface area contributed by atoms with Crippen molar-refractivity contribution in [1.29, 1.82) is 0 Å². The number of piperidine rings is 1. The number of amides is 2. The molecule has 0 saturated carbocycles. The molecule has 1 saturated heterocycles. The van der Waals surface area contributed by atoms with Crippen LogP contribution in [-0.4, -0.2) is 73.5 Å². The van der Waals surface area contributed by atoms with Gasteiger partial charge in [0.25, 0.3) is 11.8 Å². The summed E-state index contributed by atoms with van der Waals surface area (Å²) in [7, 11) is 5.77. The lowest BCUT2D eigenvalue weighted by atomic mass is 10.0. The molecule has 1 N–H and O–H groups in total. The van der Waals surface area contributed by atoms with Crippen molar-refractivity contribution in [2.24, 2.45) is 0 Å². The summed E-state index contributed by atoms with van der Waals surface area (Å²) in [6, 6.07) is 12.9. The first-order chi connectivity index (χ1) is 17.9. The predicted molar refractivity (Wildman–Crippen MR) is 147 cm³/mol. The highest BCUT2D eigenvalue weighted by Gasteiger charge is 2.24. The summed E-state index contributed by atoms with van der Waals surface area (Å²) in [6.45, 7) is 4.17. The predicted octanol–water partition coefficient (Wildman–Crippen LogP) is 5.03. The third kappa shape index (κ3) is 6.47. The topological polar surface area (TPSA) is 84.0 Å². The summed E-state index contributed by atoms with van der Waals surface area (Å²) < 4.78 is 11.2. The smallest absolute Gasteiger partial charge is 0.257 e. The van der Waals surface area contributed by atoms with Crippen molar-refractivity contribution in [3.8, 4) is 22.8 Å². The molecule has 9 heteroatoms. The minimum atomic E-state index is -0.279. The molecule has 1 aliphatic heterocycles. The maximum Gasteiger partial charge on any atom is 0.257 e. The molecule has 0 bridgehead atoms. The second kappa shape index (κ2) is 12.2. The third-order valence-electron chi connectivity index (χ3n) is 6.52. The molecule has 1 aromatic heterocycles. The maximum absolute atomic E-state index is 12.9. The molecule has 2 aromatic carbocycles. The van der Waals surface area contributed by atoms with Gasteiger partial charge in [0, 0.05) is 41.2 Å². The minimum absolute atomic E-state index is 0.00724. The number of hydrogen-bond acceptors (Lipinski definition) is 7. The Labute approximate surface area is 222 Å². The first kappa shape index (κ1) is 26.6. The average Bonchev–Trinajstić information content (AvgIpc) is 3.39. The molecule has 196 valence electrons. The van der Waals surface area contributed by atoms with Gasteiger partial charge in [-0.1, -0.05) is 6.92 Å². The number of thiazole rings is 1. The van der Waals surface area contributed by atoms with Crippen molar-refractivity contribution in [2.45, 2.75) is 32.2 Å². The minimum Gasteiger partial charge on any atom is -0.496 e. The zero-order valence-electron chi connectivity index (χ0n) is 21.8. The number of nitrogens with one attached hydrogen (secondary N) is 1. The van der Waals surface area contributed by atoms with Gasteiger partial charge in [0.05, 0.1) is 19.4 Å². The summed E-state index contributed by atoms with van der Waals surface area (Å²) in [6.07, 6.45) is 2.85. The highest BCUT2D eigenvalue weighted by molar-refractivity contribution is 7.14. The molecule has 3 aromatic rings. The molecule has 4 rings (SSSR count). The largest absolute Gasteiger partial charge is 0.496 e. The Balaban J connectivity index is 1.40. The van der Waals surface area contributed by atoms with Crippen LogP contribution in [0.25, 0.3) is 11.3 Å². The Bertz CT molecular complexity index is 1220. The van der Waals surface area contributed by atoms with E-state index in [1.807, 2.05) is 28.5 Å². The quantitative estimate of drug-likeness (QED) is 0.425. The van der Waals surface area contributed by atoms with E-state index in [0.717, 1.165) is 43.7 Å². The van der Waals surface area contributed by atoms with E-state index in [2.05, 4.69) is 36.2 Å². The molecular formula is C28H34N4O4S. The van der Waals surface area contributed by atoms with Crippen molar-refractivity contribution >= 4 is 28.3 Å². The zero-order chi connectivity index (χ0) is 26.4. The molecule has 0 aliphatic carbocycles. The van der Waals surface area contributed by atoms with Crippen LogP contribution in [0, 0.1) is 0 Å². The van der Waals surface area contributed by atoms with Gasteiger partial charge in [0.15, 0.2) is 5.13 Å². The number of rotatable bonds is 9. The molecule has 37 heavy (non-hydrogen) atoms. The van der Waals surface area contributed by atoms with Crippen molar-refractivity contribution < 1.29 is 19.1 Å². The van der Waals surface area contributed by atoms with E-state index in [1.165, 1.54) is 11.3 Å². The van der Waals surface area contributed by atoms with E-state index < -0.39 is 0 Å². The molecule has 0 atom stereocenters. The molecule has 1 aliphatic rings. The number of carbonyl (C=O) groups excluding carboxylic acids is 2.